The maximum absolute atomic E-state index is 13.8. The number of aromatic nitrogens is 2. The van der Waals surface area contributed by atoms with Crippen molar-refractivity contribution in [2.45, 2.75) is 44.6 Å². The number of benzene rings is 1. The van der Waals surface area contributed by atoms with E-state index >= 15 is 0 Å². The van der Waals surface area contributed by atoms with Crippen LogP contribution in [0.1, 0.15) is 50.9 Å². The smallest absolute Gasteiger partial charge is 0.235 e. The highest BCUT2D eigenvalue weighted by Gasteiger charge is 2.54. The molecule has 1 fully saturated rings. The van der Waals surface area contributed by atoms with Gasteiger partial charge in [0.05, 0.1) is 31.0 Å². The fourth-order valence-electron chi connectivity index (χ4n) is 3.97. The Morgan fingerprint density at radius 2 is 2.00 bits per heavy atom. The summed E-state index contributed by atoms with van der Waals surface area (Å²) in [6.07, 6.45) is 5.78. The molecular weight excluding hydrogens is 422 g/mol. The Bertz CT molecular complexity index is 1080. The molecule has 0 spiro atoms. The third-order valence-corrected chi connectivity index (χ3v) is 6.93. The molecule has 166 valence electrons. The average molecular weight is 450 g/mol. The molecule has 7 heteroatoms. The zero-order valence-electron chi connectivity index (χ0n) is 18.4. The van der Waals surface area contributed by atoms with Crippen LogP contribution >= 0.6 is 11.3 Å². The van der Waals surface area contributed by atoms with E-state index in [1.54, 1.807) is 13.3 Å². The second-order valence-corrected chi connectivity index (χ2v) is 9.44. The summed E-state index contributed by atoms with van der Waals surface area (Å²) < 4.78 is 5.22. The highest BCUT2D eigenvalue weighted by atomic mass is 32.1. The first kappa shape index (κ1) is 22.1. The van der Waals surface area contributed by atoms with Gasteiger partial charge in [0.15, 0.2) is 6.29 Å². The number of rotatable bonds is 10. The van der Waals surface area contributed by atoms with Gasteiger partial charge in [0, 0.05) is 11.4 Å². The Hall–Kier alpha value is -3.06. The first-order valence-corrected chi connectivity index (χ1v) is 11.6. The molecule has 0 N–H and O–H groups in total. The van der Waals surface area contributed by atoms with E-state index in [9.17, 15) is 9.59 Å². The maximum atomic E-state index is 13.8. The second kappa shape index (κ2) is 9.61. The zero-order valence-corrected chi connectivity index (χ0v) is 19.2. The molecular formula is C25H27N3O3S. The van der Waals surface area contributed by atoms with E-state index in [0.29, 0.717) is 24.5 Å². The minimum Gasteiger partial charge on any atom is -0.495 e. The number of carbonyl (C=O) groups excluding carboxylic acids is 2. The third kappa shape index (κ3) is 4.72. The Morgan fingerprint density at radius 1 is 1.22 bits per heavy atom. The van der Waals surface area contributed by atoms with E-state index in [4.69, 9.17) is 4.74 Å². The first-order valence-electron chi connectivity index (χ1n) is 10.8. The number of pyridine rings is 1. The molecule has 0 radical (unpaired) electrons. The van der Waals surface area contributed by atoms with Crippen molar-refractivity contribution in [2.24, 2.45) is 0 Å². The number of ether oxygens (including phenoxy) is 1. The first-order chi connectivity index (χ1) is 15.6. The molecule has 2 aromatic heterocycles. The zero-order chi connectivity index (χ0) is 22.6. The topological polar surface area (TPSA) is 72.4 Å². The quantitative estimate of drug-likeness (QED) is 0.430. The molecule has 32 heavy (non-hydrogen) atoms. The Labute approximate surface area is 192 Å². The fourth-order valence-corrected chi connectivity index (χ4v) is 4.88. The van der Waals surface area contributed by atoms with Gasteiger partial charge < -0.3 is 9.64 Å². The van der Waals surface area contributed by atoms with Crippen molar-refractivity contribution < 1.29 is 14.3 Å². The van der Waals surface area contributed by atoms with Crippen LogP contribution in [-0.4, -0.2) is 40.7 Å². The number of amides is 1. The minimum absolute atomic E-state index is 0.0868. The van der Waals surface area contributed by atoms with Gasteiger partial charge in [-0.3, -0.25) is 14.6 Å². The van der Waals surface area contributed by atoms with Gasteiger partial charge in [0.1, 0.15) is 16.5 Å². The summed E-state index contributed by atoms with van der Waals surface area (Å²) in [6, 6.07) is 14.0. The number of carbonyl (C=O) groups is 2. The van der Waals surface area contributed by atoms with Crippen molar-refractivity contribution in [3.05, 3.63) is 75.5 Å². The number of thiazole rings is 1. The lowest BCUT2D eigenvalue weighted by Gasteiger charge is -2.27. The molecule has 2 heterocycles. The van der Waals surface area contributed by atoms with Crippen LogP contribution in [0.5, 0.6) is 5.75 Å². The molecule has 3 aromatic rings. The maximum Gasteiger partial charge on any atom is 0.235 e. The highest BCUT2D eigenvalue weighted by molar-refractivity contribution is 7.11. The van der Waals surface area contributed by atoms with Crippen LogP contribution in [0.25, 0.3) is 0 Å². The van der Waals surface area contributed by atoms with Crippen molar-refractivity contribution in [1.82, 2.24) is 14.9 Å². The normalized spacial score (nSPS) is 14.1. The van der Waals surface area contributed by atoms with Crippen molar-refractivity contribution in [3.63, 3.8) is 0 Å². The van der Waals surface area contributed by atoms with E-state index in [1.807, 2.05) is 42.2 Å². The summed E-state index contributed by atoms with van der Waals surface area (Å²) in [6.45, 7) is 2.92. The van der Waals surface area contributed by atoms with Gasteiger partial charge in [0.25, 0.3) is 0 Å². The van der Waals surface area contributed by atoms with E-state index < -0.39 is 5.41 Å². The van der Waals surface area contributed by atoms with Crippen LogP contribution < -0.4 is 4.74 Å². The molecule has 1 aliphatic rings. The predicted octanol–water partition coefficient (Wildman–Crippen LogP) is 4.36. The number of methoxy groups -OCH3 is 1. The molecule has 0 aliphatic heterocycles. The Kier molecular flexibility index (Phi) is 6.65. The number of hydrogen-bond acceptors (Lipinski definition) is 6. The van der Waals surface area contributed by atoms with Crippen LogP contribution in [0, 0.1) is 6.92 Å². The fraction of sp³-hybridized carbons (Fsp3) is 0.360. The van der Waals surface area contributed by atoms with Gasteiger partial charge in [-0.15, -0.1) is 11.3 Å². The molecule has 1 aliphatic carbocycles. The molecule has 0 unspecified atom stereocenters. The molecule has 0 bridgehead atoms. The largest absolute Gasteiger partial charge is 0.495 e. The van der Waals surface area contributed by atoms with Crippen LogP contribution in [0.15, 0.2) is 48.7 Å². The lowest BCUT2D eigenvalue weighted by molar-refractivity contribution is -0.134. The molecule has 1 saturated carbocycles. The Balaban J connectivity index is 1.53. The molecule has 1 amide bonds. The second-order valence-electron chi connectivity index (χ2n) is 8.15. The lowest BCUT2D eigenvalue weighted by Crippen LogP contribution is -2.40. The third-order valence-electron chi connectivity index (χ3n) is 5.96. The van der Waals surface area contributed by atoms with E-state index in [1.165, 1.54) is 16.9 Å². The van der Waals surface area contributed by atoms with Crippen molar-refractivity contribution in [3.8, 4) is 5.75 Å². The van der Waals surface area contributed by atoms with Crippen molar-refractivity contribution in [2.75, 3.05) is 13.7 Å². The minimum atomic E-state index is -0.571. The molecule has 0 saturated heterocycles. The van der Waals surface area contributed by atoms with Crippen LogP contribution in [-0.2, 0) is 23.2 Å². The van der Waals surface area contributed by atoms with Crippen LogP contribution in [0.4, 0.5) is 0 Å². The van der Waals surface area contributed by atoms with Gasteiger partial charge >= 0.3 is 0 Å². The summed E-state index contributed by atoms with van der Waals surface area (Å²) in [5.74, 6) is 0.764. The van der Waals surface area contributed by atoms with Crippen molar-refractivity contribution in [1.29, 1.82) is 0 Å². The van der Waals surface area contributed by atoms with Gasteiger partial charge in [-0.2, -0.15) is 0 Å². The molecule has 4 rings (SSSR count). The highest BCUT2D eigenvalue weighted by Crippen LogP contribution is 2.49. The average Bonchev–Trinajstić information content (AvgIpc) is 3.56. The van der Waals surface area contributed by atoms with E-state index in [-0.39, 0.29) is 5.91 Å². The SMILES string of the molecule is COc1ccc(C2(C(=O)N(CCCc3ccccc3)Cc3nc(C=O)c(C)s3)CC2)nc1. The number of hydrogen-bond donors (Lipinski definition) is 0. The van der Waals surface area contributed by atoms with Crippen molar-refractivity contribution >= 4 is 23.5 Å². The molecule has 0 atom stereocenters. The van der Waals surface area contributed by atoms with Crippen LogP contribution in [0.2, 0.25) is 0 Å². The number of aldehydes is 1. The van der Waals surface area contributed by atoms with Crippen LogP contribution in [0.3, 0.4) is 0 Å². The standard InChI is InChI=1S/C25H27N3O3S/c1-18-21(17-29)27-23(32-18)16-28(14-6-9-19-7-4-3-5-8-19)24(30)25(12-13-25)22-11-10-20(31-2)15-26-22/h3-5,7-8,10-11,15,17H,6,9,12-14,16H2,1-2H3. The number of nitrogens with zero attached hydrogens (tertiary/aromatic N) is 3. The summed E-state index contributed by atoms with van der Waals surface area (Å²) in [7, 11) is 1.60. The summed E-state index contributed by atoms with van der Waals surface area (Å²) in [4.78, 5) is 36.7. The summed E-state index contributed by atoms with van der Waals surface area (Å²) in [5.41, 5.74) is 1.94. The van der Waals surface area contributed by atoms with E-state index in [2.05, 4.69) is 22.1 Å². The van der Waals surface area contributed by atoms with E-state index in [0.717, 1.165) is 47.5 Å². The number of aryl methyl sites for hydroxylation is 2. The Morgan fingerprint density at radius 3 is 2.59 bits per heavy atom. The molecule has 1 aromatic carbocycles. The lowest BCUT2D eigenvalue weighted by atomic mass is 9.99. The molecule has 6 nitrogen and oxygen atoms in total. The monoisotopic (exact) mass is 449 g/mol. The van der Waals surface area contributed by atoms with Gasteiger partial charge in [-0.05, 0) is 50.3 Å². The predicted molar refractivity (Wildman–Crippen MR) is 124 cm³/mol. The summed E-state index contributed by atoms with van der Waals surface area (Å²) >= 11 is 1.48. The summed E-state index contributed by atoms with van der Waals surface area (Å²) in [5, 5.41) is 0.788. The van der Waals surface area contributed by atoms with Gasteiger partial charge in [-0.25, -0.2) is 4.98 Å². The van der Waals surface area contributed by atoms with Gasteiger partial charge in [0.2, 0.25) is 5.91 Å². The van der Waals surface area contributed by atoms with Gasteiger partial charge in [-0.1, -0.05) is 30.3 Å².